The van der Waals surface area contributed by atoms with E-state index >= 15 is 0 Å². The molecule has 0 aliphatic carbocycles. The van der Waals surface area contributed by atoms with E-state index in [2.05, 4.69) is 43.1 Å². The van der Waals surface area contributed by atoms with E-state index in [4.69, 9.17) is 4.74 Å². The maximum Gasteiger partial charge on any atom is 0.0477 e. The number of nitrogens with one attached hydrogen (secondary N) is 1. The summed E-state index contributed by atoms with van der Waals surface area (Å²) in [4.78, 5) is 4.83. The summed E-state index contributed by atoms with van der Waals surface area (Å²) in [5.41, 5.74) is 0. The van der Waals surface area contributed by atoms with Gasteiger partial charge in [0, 0.05) is 38.9 Å². The number of rotatable bonds is 13. The minimum atomic E-state index is 0.604. The molecule has 0 rings (SSSR count). The highest BCUT2D eigenvalue weighted by Gasteiger charge is 2.12. The fourth-order valence-corrected chi connectivity index (χ4v) is 2.05. The van der Waals surface area contributed by atoms with Crippen LogP contribution >= 0.6 is 0 Å². The van der Waals surface area contributed by atoms with Crippen molar-refractivity contribution in [1.82, 2.24) is 15.1 Å². The normalized spacial score (nSPS) is 13.4. The SMILES string of the molecule is CCCN(CCN(C)C)C(C)CNCCCOCC. The number of hydrogen-bond acceptors (Lipinski definition) is 4. The van der Waals surface area contributed by atoms with E-state index in [1.165, 1.54) is 13.0 Å². The van der Waals surface area contributed by atoms with Gasteiger partial charge in [0.25, 0.3) is 0 Å². The van der Waals surface area contributed by atoms with Crippen molar-refractivity contribution in [2.24, 2.45) is 0 Å². The number of nitrogens with zero attached hydrogens (tertiary/aromatic N) is 2. The summed E-state index contributed by atoms with van der Waals surface area (Å²) in [7, 11) is 4.28. The molecule has 0 spiro atoms. The fraction of sp³-hybridized carbons (Fsp3) is 1.00. The molecule has 1 atom stereocenters. The van der Waals surface area contributed by atoms with E-state index in [0.29, 0.717) is 6.04 Å². The predicted molar refractivity (Wildman–Crippen MR) is 83.9 cm³/mol. The van der Waals surface area contributed by atoms with E-state index in [1.54, 1.807) is 0 Å². The maximum absolute atomic E-state index is 5.34. The lowest BCUT2D eigenvalue weighted by atomic mass is 10.2. The van der Waals surface area contributed by atoms with Crippen molar-refractivity contribution in [2.75, 3.05) is 60.0 Å². The molecule has 0 aliphatic heterocycles. The Kier molecular flexibility index (Phi) is 12.7. The minimum Gasteiger partial charge on any atom is -0.382 e. The summed E-state index contributed by atoms with van der Waals surface area (Å²) in [5, 5.41) is 3.54. The molecule has 116 valence electrons. The van der Waals surface area contributed by atoms with Crippen LogP contribution in [-0.2, 0) is 4.74 Å². The topological polar surface area (TPSA) is 27.7 Å². The smallest absolute Gasteiger partial charge is 0.0477 e. The summed E-state index contributed by atoms with van der Waals surface area (Å²) >= 11 is 0. The molecule has 4 nitrogen and oxygen atoms in total. The Balaban J connectivity index is 3.74. The lowest BCUT2D eigenvalue weighted by Crippen LogP contribution is -2.44. The summed E-state index contributed by atoms with van der Waals surface area (Å²) in [6.45, 7) is 13.9. The second kappa shape index (κ2) is 12.9. The van der Waals surface area contributed by atoms with E-state index in [9.17, 15) is 0 Å². The van der Waals surface area contributed by atoms with Crippen LogP contribution in [0, 0.1) is 0 Å². The van der Waals surface area contributed by atoms with Crippen molar-refractivity contribution in [1.29, 1.82) is 0 Å². The van der Waals surface area contributed by atoms with Gasteiger partial charge < -0.3 is 15.0 Å². The van der Waals surface area contributed by atoms with Crippen LogP contribution in [0.1, 0.15) is 33.6 Å². The first kappa shape index (κ1) is 18.8. The van der Waals surface area contributed by atoms with Crippen LogP contribution < -0.4 is 5.32 Å². The molecule has 0 saturated heterocycles. The second-order valence-corrected chi connectivity index (χ2v) is 5.44. The van der Waals surface area contributed by atoms with Crippen LogP contribution in [0.25, 0.3) is 0 Å². The third-order valence-corrected chi connectivity index (χ3v) is 3.25. The van der Waals surface area contributed by atoms with Gasteiger partial charge in [0.2, 0.25) is 0 Å². The minimum absolute atomic E-state index is 0.604. The van der Waals surface area contributed by atoms with Crippen molar-refractivity contribution in [3.05, 3.63) is 0 Å². The molecule has 19 heavy (non-hydrogen) atoms. The van der Waals surface area contributed by atoms with Gasteiger partial charge in [-0.3, -0.25) is 4.90 Å². The van der Waals surface area contributed by atoms with Gasteiger partial charge in [0.1, 0.15) is 0 Å². The summed E-state index contributed by atoms with van der Waals surface area (Å²) in [6.07, 6.45) is 2.33. The standard InChI is InChI=1S/C15H35N3O/c1-6-10-18(12-11-17(4)5)15(3)14-16-9-8-13-19-7-2/h15-16H,6-14H2,1-5H3. The summed E-state index contributed by atoms with van der Waals surface area (Å²) < 4.78 is 5.34. The molecule has 0 aromatic heterocycles. The molecular formula is C15H35N3O. The highest BCUT2D eigenvalue weighted by Crippen LogP contribution is 2.00. The highest BCUT2D eigenvalue weighted by atomic mass is 16.5. The number of likely N-dealkylation sites (N-methyl/N-ethyl adjacent to an activating group) is 1. The van der Waals surface area contributed by atoms with E-state index in [-0.39, 0.29) is 0 Å². The van der Waals surface area contributed by atoms with Crippen molar-refractivity contribution in [2.45, 2.75) is 39.7 Å². The third kappa shape index (κ3) is 11.4. The zero-order valence-corrected chi connectivity index (χ0v) is 13.7. The first-order chi connectivity index (χ1) is 9.11. The van der Waals surface area contributed by atoms with Crippen molar-refractivity contribution in [3.8, 4) is 0 Å². The first-order valence-corrected chi connectivity index (χ1v) is 7.79. The van der Waals surface area contributed by atoms with Gasteiger partial charge in [-0.1, -0.05) is 6.92 Å². The largest absolute Gasteiger partial charge is 0.382 e. The first-order valence-electron chi connectivity index (χ1n) is 7.79. The van der Waals surface area contributed by atoms with E-state index in [1.807, 2.05) is 6.92 Å². The molecule has 1 N–H and O–H groups in total. The van der Waals surface area contributed by atoms with Crippen molar-refractivity contribution < 1.29 is 4.74 Å². The van der Waals surface area contributed by atoms with Crippen LogP contribution in [0.3, 0.4) is 0 Å². The Bertz CT molecular complexity index is 188. The molecule has 0 aromatic rings. The van der Waals surface area contributed by atoms with Gasteiger partial charge >= 0.3 is 0 Å². The molecule has 4 heteroatoms. The second-order valence-electron chi connectivity index (χ2n) is 5.44. The van der Waals surface area contributed by atoms with Crippen LogP contribution in [0.2, 0.25) is 0 Å². The molecule has 1 unspecified atom stereocenters. The van der Waals surface area contributed by atoms with Crippen molar-refractivity contribution >= 4 is 0 Å². The monoisotopic (exact) mass is 273 g/mol. The quantitative estimate of drug-likeness (QED) is 0.517. The van der Waals surface area contributed by atoms with Gasteiger partial charge in [0.05, 0.1) is 0 Å². The van der Waals surface area contributed by atoms with Gasteiger partial charge in [-0.25, -0.2) is 0 Å². The number of hydrogen-bond donors (Lipinski definition) is 1. The van der Waals surface area contributed by atoms with Crippen LogP contribution in [0.5, 0.6) is 0 Å². The average molecular weight is 273 g/mol. The van der Waals surface area contributed by atoms with Crippen LogP contribution in [0.4, 0.5) is 0 Å². The summed E-state index contributed by atoms with van der Waals surface area (Å²) in [5.74, 6) is 0. The molecule has 0 bridgehead atoms. The van der Waals surface area contributed by atoms with Gasteiger partial charge in [0.15, 0.2) is 0 Å². The molecule has 0 aromatic carbocycles. The molecule has 0 amide bonds. The summed E-state index contributed by atoms with van der Waals surface area (Å²) in [6, 6.07) is 0.604. The van der Waals surface area contributed by atoms with Gasteiger partial charge in [-0.05, 0) is 53.9 Å². The van der Waals surface area contributed by atoms with E-state index < -0.39 is 0 Å². The molecule has 0 saturated carbocycles. The lowest BCUT2D eigenvalue weighted by Gasteiger charge is -2.30. The Labute approximate surface area is 120 Å². The predicted octanol–water partition coefficient (Wildman–Crippen LogP) is 1.66. The molecule has 0 fully saturated rings. The fourth-order valence-electron chi connectivity index (χ4n) is 2.05. The maximum atomic E-state index is 5.34. The highest BCUT2D eigenvalue weighted by molar-refractivity contribution is 4.70. The average Bonchev–Trinajstić information content (AvgIpc) is 2.38. The van der Waals surface area contributed by atoms with Crippen LogP contribution in [0.15, 0.2) is 0 Å². The Morgan fingerprint density at radius 1 is 1.11 bits per heavy atom. The lowest BCUT2D eigenvalue weighted by molar-refractivity contribution is 0.143. The van der Waals surface area contributed by atoms with Gasteiger partial charge in [-0.15, -0.1) is 0 Å². The number of ether oxygens (including phenoxy) is 1. The third-order valence-electron chi connectivity index (χ3n) is 3.25. The Hall–Kier alpha value is -0.160. The molecular weight excluding hydrogens is 238 g/mol. The Morgan fingerprint density at radius 2 is 1.84 bits per heavy atom. The molecule has 0 heterocycles. The van der Waals surface area contributed by atoms with Crippen molar-refractivity contribution in [3.63, 3.8) is 0 Å². The zero-order valence-electron chi connectivity index (χ0n) is 13.7. The van der Waals surface area contributed by atoms with Crippen LogP contribution in [-0.4, -0.2) is 75.9 Å². The Morgan fingerprint density at radius 3 is 2.42 bits per heavy atom. The van der Waals surface area contributed by atoms with E-state index in [0.717, 1.165) is 45.8 Å². The van der Waals surface area contributed by atoms with Gasteiger partial charge in [-0.2, -0.15) is 0 Å². The zero-order chi connectivity index (χ0) is 14.5. The molecule has 0 aliphatic rings. The molecule has 0 radical (unpaired) electrons.